The number of hydrogen-bond acceptors (Lipinski definition) is 6. The molecule has 3 rings (SSSR count). The van der Waals surface area contributed by atoms with Crippen LogP contribution >= 0.6 is 23.2 Å². The van der Waals surface area contributed by atoms with Crippen LogP contribution in [0, 0.1) is 5.92 Å². The van der Waals surface area contributed by atoms with Crippen molar-refractivity contribution in [3.8, 4) is 0 Å². The summed E-state index contributed by atoms with van der Waals surface area (Å²) in [5, 5.41) is 34.0. The number of carboxylic acid groups (broad SMARTS) is 2. The molecule has 0 saturated carbocycles. The molecule has 2 aliphatic rings. The molecule has 0 spiro atoms. The number of quaternary nitrogens is 1. The van der Waals surface area contributed by atoms with E-state index in [0.29, 0.717) is 22.0 Å². The zero-order chi connectivity index (χ0) is 23.2. The second-order valence-corrected chi connectivity index (χ2v) is 8.91. The van der Waals surface area contributed by atoms with E-state index in [-0.39, 0.29) is 0 Å². The molecule has 2 fully saturated rings. The number of nitrogens with zero attached hydrogens (tertiary/aromatic N) is 1. The summed E-state index contributed by atoms with van der Waals surface area (Å²) < 4.78 is 6.73. The van der Waals surface area contributed by atoms with Crippen LogP contribution in [0.15, 0.2) is 18.2 Å². The number of carbonyl (C=O) groups is 2. The summed E-state index contributed by atoms with van der Waals surface area (Å²) in [4.78, 5) is 19.5. The van der Waals surface area contributed by atoms with Gasteiger partial charge in [0, 0.05) is 40.9 Å². The van der Waals surface area contributed by atoms with E-state index in [1.807, 2.05) is 12.1 Å². The van der Waals surface area contributed by atoms with Gasteiger partial charge in [0.15, 0.2) is 12.2 Å². The molecule has 9 nitrogen and oxygen atoms in total. The summed E-state index contributed by atoms with van der Waals surface area (Å²) >= 11 is 12.3. The highest BCUT2D eigenvalue weighted by Gasteiger charge is 2.45. The summed E-state index contributed by atoms with van der Waals surface area (Å²) in [5.41, 5.74) is 7.13. The Morgan fingerprint density at radius 1 is 1.10 bits per heavy atom. The Morgan fingerprint density at radius 3 is 2.10 bits per heavy atom. The minimum Gasteiger partial charge on any atom is -0.479 e. The lowest BCUT2D eigenvalue weighted by molar-refractivity contribution is -0.952. The Balaban J connectivity index is 0.000000291. The minimum absolute atomic E-state index is 0.583. The van der Waals surface area contributed by atoms with Gasteiger partial charge in [0.05, 0.1) is 26.3 Å². The maximum absolute atomic E-state index is 9.77. The summed E-state index contributed by atoms with van der Waals surface area (Å²) in [6.07, 6.45) is -2.18. The Bertz CT molecular complexity index is 738. The summed E-state index contributed by atoms with van der Waals surface area (Å²) in [6.45, 7) is 5.84. The van der Waals surface area contributed by atoms with E-state index in [2.05, 4.69) is 0 Å². The third-order valence-electron chi connectivity index (χ3n) is 5.84. The number of aliphatic hydroxyl groups is 2. The highest BCUT2D eigenvalue weighted by atomic mass is 35.5. The molecular formula is C20H29Cl2N2O7+. The van der Waals surface area contributed by atoms with E-state index in [4.69, 9.17) is 54.1 Å². The predicted molar refractivity (Wildman–Crippen MR) is 114 cm³/mol. The maximum atomic E-state index is 9.77. The summed E-state index contributed by atoms with van der Waals surface area (Å²) in [5.74, 6) is -2.91. The molecule has 2 heterocycles. The molecule has 1 aromatic rings. The Hall–Kier alpha value is -1.46. The second-order valence-electron chi connectivity index (χ2n) is 8.03. The van der Waals surface area contributed by atoms with E-state index >= 15 is 0 Å². The topological polar surface area (TPSA) is 150 Å². The number of likely N-dealkylation sites (tertiary alicyclic amines) is 1. The lowest BCUT2D eigenvalue weighted by Gasteiger charge is -2.40. The highest BCUT2D eigenvalue weighted by Crippen LogP contribution is 2.34. The molecule has 11 heteroatoms. The van der Waals surface area contributed by atoms with Gasteiger partial charge in [-0.25, -0.2) is 9.59 Å². The fraction of sp³-hybridized carbons (Fsp3) is 0.600. The predicted octanol–water partition coefficient (Wildman–Crippen LogP) is 0.955. The fourth-order valence-electron chi connectivity index (χ4n) is 4.22. The number of carboxylic acids is 2. The second kappa shape index (κ2) is 11.4. The van der Waals surface area contributed by atoms with E-state index in [1.165, 1.54) is 18.5 Å². The van der Waals surface area contributed by atoms with Crippen LogP contribution in [0.5, 0.6) is 0 Å². The number of benzene rings is 1. The first-order chi connectivity index (χ1) is 14.6. The number of hydrogen-bond donors (Lipinski definition) is 5. The normalized spacial score (nSPS) is 27.3. The van der Waals surface area contributed by atoms with Gasteiger partial charge in [0.25, 0.3) is 0 Å². The van der Waals surface area contributed by atoms with Crippen LogP contribution in [0.3, 0.4) is 0 Å². The minimum atomic E-state index is -2.27. The maximum Gasteiger partial charge on any atom is 0.335 e. The van der Waals surface area contributed by atoms with Gasteiger partial charge in [-0.2, -0.15) is 0 Å². The quantitative estimate of drug-likeness (QED) is 0.362. The molecule has 0 aliphatic carbocycles. The van der Waals surface area contributed by atoms with Crippen molar-refractivity contribution in [3.05, 3.63) is 33.8 Å². The average Bonchev–Trinajstić information content (AvgIpc) is 3.37. The van der Waals surface area contributed by atoms with Crippen molar-refractivity contribution in [1.29, 1.82) is 0 Å². The molecule has 31 heavy (non-hydrogen) atoms. The van der Waals surface area contributed by atoms with E-state index in [0.717, 1.165) is 43.8 Å². The average molecular weight is 480 g/mol. The van der Waals surface area contributed by atoms with E-state index in [9.17, 15) is 9.59 Å². The molecule has 0 amide bonds. The Labute approximate surface area is 190 Å². The molecule has 0 bridgehead atoms. The zero-order valence-corrected chi connectivity index (χ0v) is 18.5. The third kappa shape index (κ3) is 7.01. The van der Waals surface area contributed by atoms with Gasteiger partial charge in [0.1, 0.15) is 12.6 Å². The molecule has 1 aromatic carbocycles. The van der Waals surface area contributed by atoms with Crippen LogP contribution in [0.1, 0.15) is 18.4 Å². The fourth-order valence-corrected chi connectivity index (χ4v) is 4.79. The molecule has 0 radical (unpaired) electrons. The number of halogens is 2. The van der Waals surface area contributed by atoms with E-state index < -0.39 is 24.1 Å². The van der Waals surface area contributed by atoms with Crippen molar-refractivity contribution >= 4 is 35.1 Å². The van der Waals surface area contributed by atoms with Crippen LogP contribution in [0.2, 0.25) is 10.0 Å². The van der Waals surface area contributed by atoms with Crippen LogP contribution < -0.4 is 5.73 Å². The number of aliphatic hydroxyl groups excluding tert-OH is 2. The first-order valence-electron chi connectivity index (χ1n) is 9.98. The lowest BCUT2D eigenvalue weighted by atomic mass is 10.1. The van der Waals surface area contributed by atoms with Crippen molar-refractivity contribution in [3.63, 3.8) is 0 Å². The molecular weight excluding hydrogens is 451 g/mol. The van der Waals surface area contributed by atoms with Crippen molar-refractivity contribution in [1.82, 2.24) is 0 Å². The highest BCUT2D eigenvalue weighted by molar-refractivity contribution is 6.34. The molecule has 5 atom stereocenters. The molecule has 174 valence electrons. The number of aliphatic carboxylic acids is 2. The van der Waals surface area contributed by atoms with Crippen molar-refractivity contribution in [2.24, 2.45) is 11.7 Å². The monoisotopic (exact) mass is 479 g/mol. The first kappa shape index (κ1) is 25.8. The Morgan fingerprint density at radius 2 is 1.68 bits per heavy atom. The van der Waals surface area contributed by atoms with Crippen molar-refractivity contribution < 1.29 is 39.2 Å². The molecule has 2 aliphatic heterocycles. The van der Waals surface area contributed by atoms with Crippen LogP contribution in [-0.4, -0.2) is 87.9 Å². The smallest absolute Gasteiger partial charge is 0.335 e. The standard InChI is InChI=1S/C16H23Cl2N2O.C4H6O6/c17-14-5-13(6-15(18)7-14)10-20(16-2-4-21-11-16)3-1-12(8-19)9-20;5-1(3(7)8)2(6)4(9)10/h5-7,12,16H,1-4,8-11,19H2;1-2,5-6H,(H,7,8)(H,9,10)/q+1;/t12-,16-,20?;/m1./s1. The third-order valence-corrected chi connectivity index (χ3v) is 6.28. The molecule has 3 unspecified atom stereocenters. The summed E-state index contributed by atoms with van der Waals surface area (Å²) in [6, 6.07) is 6.46. The molecule has 6 N–H and O–H groups in total. The van der Waals surface area contributed by atoms with Gasteiger partial charge < -0.3 is 35.4 Å². The van der Waals surface area contributed by atoms with Gasteiger partial charge in [-0.1, -0.05) is 23.2 Å². The van der Waals surface area contributed by atoms with E-state index in [1.54, 1.807) is 6.07 Å². The number of nitrogens with two attached hydrogens (primary N) is 1. The number of rotatable bonds is 7. The van der Waals surface area contributed by atoms with Gasteiger partial charge in [-0.05, 0) is 18.2 Å². The van der Waals surface area contributed by atoms with Gasteiger partial charge in [-0.15, -0.1) is 0 Å². The summed E-state index contributed by atoms with van der Waals surface area (Å²) in [7, 11) is 0. The van der Waals surface area contributed by atoms with Crippen molar-refractivity contribution in [2.75, 3.05) is 32.8 Å². The van der Waals surface area contributed by atoms with Crippen molar-refractivity contribution in [2.45, 2.75) is 37.6 Å². The lowest BCUT2D eigenvalue weighted by Crippen LogP contribution is -2.53. The molecule has 2 saturated heterocycles. The SMILES string of the molecule is NC[C@H]1CC[N+](Cc2cc(Cl)cc(Cl)c2)([C@@H]2CCOC2)C1.O=C(O)C(O)C(O)C(=O)O. The van der Waals surface area contributed by atoms with Gasteiger partial charge >= 0.3 is 11.9 Å². The largest absolute Gasteiger partial charge is 0.479 e. The first-order valence-corrected chi connectivity index (χ1v) is 10.7. The van der Waals surface area contributed by atoms with Crippen LogP contribution in [0.4, 0.5) is 0 Å². The number of ether oxygens (including phenoxy) is 1. The van der Waals surface area contributed by atoms with Crippen LogP contribution in [0.25, 0.3) is 0 Å². The Kier molecular flexibility index (Phi) is 9.50. The molecule has 0 aromatic heterocycles. The van der Waals surface area contributed by atoms with Crippen LogP contribution in [-0.2, 0) is 20.9 Å². The zero-order valence-electron chi connectivity index (χ0n) is 17.0. The van der Waals surface area contributed by atoms with Gasteiger partial charge in [-0.3, -0.25) is 0 Å². The van der Waals surface area contributed by atoms with Gasteiger partial charge in [0.2, 0.25) is 0 Å².